The molecule has 0 spiro atoms. The lowest BCUT2D eigenvalue weighted by Gasteiger charge is -2.33. The van der Waals surface area contributed by atoms with E-state index in [0.717, 1.165) is 35.1 Å². The van der Waals surface area contributed by atoms with Crippen LogP contribution in [0.15, 0.2) is 72.8 Å². The van der Waals surface area contributed by atoms with E-state index < -0.39 is 5.54 Å². The van der Waals surface area contributed by atoms with E-state index >= 15 is 0 Å². The Balaban J connectivity index is 1.75. The van der Waals surface area contributed by atoms with Gasteiger partial charge in [-0.05, 0) is 47.6 Å². The molecule has 1 aliphatic rings. The maximum atomic E-state index is 12.2. The van der Waals surface area contributed by atoms with E-state index in [9.17, 15) is 9.59 Å². The molecule has 1 aliphatic carbocycles. The topological polar surface area (TPSA) is 46.2 Å². The first kappa shape index (κ1) is 18.2. The van der Waals surface area contributed by atoms with Crippen LogP contribution in [-0.4, -0.2) is 11.7 Å². The molecule has 0 saturated carbocycles. The first-order chi connectivity index (χ1) is 13.5. The van der Waals surface area contributed by atoms with Crippen molar-refractivity contribution in [2.45, 2.75) is 32.2 Å². The van der Waals surface area contributed by atoms with Crippen molar-refractivity contribution in [1.82, 2.24) is 5.32 Å². The number of Topliss-reactive ketones (excluding diaryl/α,β-unsaturated/α-hetero) is 1. The molecule has 1 N–H and O–H groups in total. The van der Waals surface area contributed by atoms with Gasteiger partial charge in [-0.15, -0.1) is 0 Å². The molecular formula is C25H23NO2. The number of amides is 1. The Hall–Kier alpha value is -3.20. The number of fused-ring (bicyclic) bond motifs is 3. The van der Waals surface area contributed by atoms with Crippen molar-refractivity contribution in [3.8, 4) is 11.1 Å². The van der Waals surface area contributed by atoms with Gasteiger partial charge in [0, 0.05) is 12.5 Å². The molecule has 0 heterocycles. The van der Waals surface area contributed by atoms with E-state index in [0.29, 0.717) is 0 Å². The van der Waals surface area contributed by atoms with Crippen LogP contribution >= 0.6 is 0 Å². The molecule has 0 atom stereocenters. The van der Waals surface area contributed by atoms with Crippen LogP contribution in [0.1, 0.15) is 47.3 Å². The zero-order chi connectivity index (χ0) is 19.7. The lowest BCUT2D eigenvalue weighted by molar-refractivity contribution is -0.120. The van der Waals surface area contributed by atoms with Crippen LogP contribution in [-0.2, 0) is 16.8 Å². The Morgan fingerprint density at radius 2 is 1.32 bits per heavy atom. The van der Waals surface area contributed by atoms with Gasteiger partial charge in [-0.1, -0.05) is 72.8 Å². The highest BCUT2D eigenvalue weighted by atomic mass is 16.1. The summed E-state index contributed by atoms with van der Waals surface area (Å²) in [4.78, 5) is 23.7. The Morgan fingerprint density at radius 3 is 1.82 bits per heavy atom. The van der Waals surface area contributed by atoms with Crippen LogP contribution in [0.5, 0.6) is 0 Å². The van der Waals surface area contributed by atoms with E-state index in [1.807, 2.05) is 48.5 Å². The molecule has 4 rings (SSSR count). The Labute approximate surface area is 165 Å². The van der Waals surface area contributed by atoms with E-state index in [1.54, 1.807) is 13.8 Å². The number of carbonyl (C=O) groups is 2. The number of nitrogens with one attached hydrogen (secondary N) is 1. The first-order valence-corrected chi connectivity index (χ1v) is 9.59. The second-order valence-corrected chi connectivity index (χ2v) is 7.43. The Morgan fingerprint density at radius 1 is 0.786 bits per heavy atom. The maximum Gasteiger partial charge on any atom is 0.217 e. The highest BCUT2D eigenvalue weighted by Gasteiger charge is 2.43. The highest BCUT2D eigenvalue weighted by molar-refractivity contribution is 5.94. The van der Waals surface area contributed by atoms with Crippen molar-refractivity contribution in [1.29, 1.82) is 0 Å². The van der Waals surface area contributed by atoms with Gasteiger partial charge in [-0.2, -0.15) is 0 Å². The monoisotopic (exact) mass is 369 g/mol. The molecule has 0 bridgehead atoms. The molecule has 0 unspecified atom stereocenters. The zero-order valence-electron chi connectivity index (χ0n) is 16.2. The fraction of sp³-hybridized carbons (Fsp3) is 0.200. The minimum Gasteiger partial charge on any atom is -0.343 e. The summed E-state index contributed by atoms with van der Waals surface area (Å²) >= 11 is 0. The van der Waals surface area contributed by atoms with Crippen molar-refractivity contribution in [3.63, 3.8) is 0 Å². The molecular weight excluding hydrogens is 346 g/mol. The van der Waals surface area contributed by atoms with Crippen LogP contribution < -0.4 is 5.32 Å². The second-order valence-electron chi connectivity index (χ2n) is 7.43. The second kappa shape index (κ2) is 7.08. The quantitative estimate of drug-likeness (QED) is 0.652. The van der Waals surface area contributed by atoms with Crippen molar-refractivity contribution in [2.24, 2.45) is 0 Å². The standard InChI is InChI=1S/C25H23NO2/c1-17(27)20-13-11-19(12-14-20)15-16-25(26-18(2)28)23-9-5-3-7-21(23)22-8-4-6-10-24(22)25/h3-14H,15-16H2,1-2H3,(H,26,28). The molecule has 0 aromatic heterocycles. The molecule has 3 heteroatoms. The van der Waals surface area contributed by atoms with E-state index in [-0.39, 0.29) is 11.7 Å². The van der Waals surface area contributed by atoms with E-state index in [2.05, 4.69) is 29.6 Å². The molecule has 0 fully saturated rings. The van der Waals surface area contributed by atoms with Crippen LogP contribution in [0.2, 0.25) is 0 Å². The van der Waals surface area contributed by atoms with Crippen LogP contribution in [0.25, 0.3) is 11.1 Å². The van der Waals surface area contributed by atoms with Crippen molar-refractivity contribution >= 4 is 11.7 Å². The summed E-state index contributed by atoms with van der Waals surface area (Å²) in [6.45, 7) is 3.15. The molecule has 140 valence electrons. The Bertz CT molecular complexity index is 1000. The highest BCUT2D eigenvalue weighted by Crippen LogP contribution is 2.49. The average Bonchev–Trinajstić information content (AvgIpc) is 2.97. The summed E-state index contributed by atoms with van der Waals surface area (Å²) in [5.74, 6) is 0.0262. The van der Waals surface area contributed by atoms with Gasteiger partial charge < -0.3 is 5.32 Å². The zero-order valence-corrected chi connectivity index (χ0v) is 16.2. The largest absolute Gasteiger partial charge is 0.343 e. The summed E-state index contributed by atoms with van der Waals surface area (Å²) < 4.78 is 0. The number of carbonyl (C=O) groups excluding carboxylic acids is 2. The molecule has 3 aromatic rings. The van der Waals surface area contributed by atoms with Gasteiger partial charge in [-0.25, -0.2) is 0 Å². The predicted molar refractivity (Wildman–Crippen MR) is 111 cm³/mol. The van der Waals surface area contributed by atoms with Gasteiger partial charge in [0.15, 0.2) is 5.78 Å². The number of hydrogen-bond acceptors (Lipinski definition) is 2. The van der Waals surface area contributed by atoms with Gasteiger partial charge in [0.25, 0.3) is 0 Å². The Kier molecular flexibility index (Phi) is 4.60. The fourth-order valence-electron chi connectivity index (χ4n) is 4.33. The number of aryl methyl sites for hydroxylation is 1. The molecule has 3 nitrogen and oxygen atoms in total. The fourth-order valence-corrected chi connectivity index (χ4v) is 4.33. The SMILES string of the molecule is CC(=O)NC1(CCc2ccc(C(C)=O)cc2)c2ccccc2-c2ccccc21. The lowest BCUT2D eigenvalue weighted by Crippen LogP contribution is -2.45. The third-order valence-electron chi connectivity index (χ3n) is 5.60. The summed E-state index contributed by atoms with van der Waals surface area (Å²) in [6, 6.07) is 24.4. The van der Waals surface area contributed by atoms with Crippen molar-refractivity contribution < 1.29 is 9.59 Å². The third-order valence-corrected chi connectivity index (χ3v) is 5.60. The predicted octanol–water partition coefficient (Wildman–Crippen LogP) is 4.88. The summed E-state index contributed by atoms with van der Waals surface area (Å²) in [7, 11) is 0. The minimum atomic E-state index is -0.543. The first-order valence-electron chi connectivity index (χ1n) is 9.59. The van der Waals surface area contributed by atoms with Gasteiger partial charge in [0.1, 0.15) is 0 Å². The van der Waals surface area contributed by atoms with E-state index in [4.69, 9.17) is 0 Å². The van der Waals surface area contributed by atoms with Crippen LogP contribution in [0.3, 0.4) is 0 Å². The summed E-state index contributed by atoms with van der Waals surface area (Å²) in [5.41, 5.74) is 5.97. The maximum absolute atomic E-state index is 12.2. The molecule has 0 aliphatic heterocycles. The molecule has 3 aromatic carbocycles. The molecule has 1 amide bonds. The van der Waals surface area contributed by atoms with Gasteiger partial charge in [0.2, 0.25) is 5.91 Å². The number of benzene rings is 3. The van der Waals surface area contributed by atoms with Crippen molar-refractivity contribution in [3.05, 3.63) is 95.1 Å². The average molecular weight is 369 g/mol. The lowest BCUT2D eigenvalue weighted by atomic mass is 9.82. The third kappa shape index (κ3) is 3.03. The number of ketones is 1. The smallest absolute Gasteiger partial charge is 0.217 e. The molecule has 28 heavy (non-hydrogen) atoms. The van der Waals surface area contributed by atoms with Crippen molar-refractivity contribution in [2.75, 3.05) is 0 Å². The van der Waals surface area contributed by atoms with Gasteiger partial charge in [0.05, 0.1) is 5.54 Å². The minimum absolute atomic E-state index is 0.0431. The summed E-state index contributed by atoms with van der Waals surface area (Å²) in [6.07, 6.45) is 1.54. The van der Waals surface area contributed by atoms with Crippen LogP contribution in [0.4, 0.5) is 0 Å². The van der Waals surface area contributed by atoms with Crippen LogP contribution in [0, 0.1) is 0 Å². The molecule has 0 radical (unpaired) electrons. The van der Waals surface area contributed by atoms with E-state index in [1.165, 1.54) is 11.1 Å². The normalized spacial score (nSPS) is 13.5. The molecule has 0 saturated heterocycles. The van der Waals surface area contributed by atoms with Gasteiger partial charge >= 0.3 is 0 Å². The number of hydrogen-bond donors (Lipinski definition) is 1. The summed E-state index contributed by atoms with van der Waals surface area (Å²) in [5, 5.41) is 3.27. The number of rotatable bonds is 5. The van der Waals surface area contributed by atoms with Gasteiger partial charge in [-0.3, -0.25) is 9.59 Å².